The van der Waals surface area contributed by atoms with Crippen molar-refractivity contribution in [3.63, 3.8) is 0 Å². The summed E-state index contributed by atoms with van der Waals surface area (Å²) in [5, 5.41) is 11.3. The zero-order chi connectivity index (χ0) is 16.5. The van der Waals surface area contributed by atoms with Crippen molar-refractivity contribution in [2.24, 2.45) is 4.99 Å². The maximum atomic E-state index is 5.89. The first-order valence-electron chi connectivity index (χ1n) is 7.92. The Hall–Kier alpha value is -1.28. The number of nitrogens with zero attached hydrogens (tertiary/aromatic N) is 2. The van der Waals surface area contributed by atoms with E-state index < -0.39 is 0 Å². The van der Waals surface area contributed by atoms with Gasteiger partial charge in [0.1, 0.15) is 6.54 Å². The molecule has 0 saturated heterocycles. The molecule has 2 rings (SSSR count). The van der Waals surface area contributed by atoms with Crippen LogP contribution in [0.4, 0.5) is 0 Å². The van der Waals surface area contributed by atoms with Gasteiger partial charge in [0, 0.05) is 24.2 Å². The maximum Gasteiger partial charge on any atom is 0.191 e. The van der Waals surface area contributed by atoms with E-state index >= 15 is 0 Å². The summed E-state index contributed by atoms with van der Waals surface area (Å²) in [6.45, 7) is 6.17. The highest BCUT2D eigenvalue weighted by atomic mass is 127. The zero-order valence-electron chi connectivity index (χ0n) is 14.0. The molecule has 0 atom stereocenters. The average Bonchev–Trinajstić information content (AvgIpc) is 3.02. The number of benzene rings is 1. The molecule has 0 radical (unpaired) electrons. The van der Waals surface area contributed by atoms with E-state index in [-0.39, 0.29) is 24.0 Å². The molecule has 7 heteroatoms. The van der Waals surface area contributed by atoms with E-state index in [1.165, 1.54) is 5.56 Å². The minimum Gasteiger partial charge on any atom is -0.359 e. The third-order valence-electron chi connectivity index (χ3n) is 3.33. The molecule has 132 valence electrons. The topological polar surface area (TPSA) is 62.5 Å². The molecule has 0 aliphatic rings. The lowest BCUT2D eigenvalue weighted by molar-refractivity contribution is 0.379. The van der Waals surface area contributed by atoms with Crippen LogP contribution in [0.1, 0.15) is 30.9 Å². The molecule has 0 unspecified atom stereocenters. The SMILES string of the molecule is CCNC(=NCc1cc(CC)no1)NCCc1ccc(Cl)cc1.I. The van der Waals surface area contributed by atoms with E-state index in [0.717, 1.165) is 48.4 Å². The number of aliphatic imine (C=N–C) groups is 1. The molecule has 1 aromatic heterocycles. The second-order valence-corrected chi connectivity index (χ2v) is 5.57. The molecule has 1 aromatic carbocycles. The molecule has 0 spiro atoms. The van der Waals surface area contributed by atoms with E-state index in [4.69, 9.17) is 16.1 Å². The van der Waals surface area contributed by atoms with Crippen LogP contribution in [0.15, 0.2) is 39.8 Å². The normalized spacial score (nSPS) is 11.0. The molecule has 2 aromatic rings. The summed E-state index contributed by atoms with van der Waals surface area (Å²) in [6, 6.07) is 9.83. The first kappa shape index (κ1) is 20.8. The van der Waals surface area contributed by atoms with Gasteiger partial charge in [0.05, 0.1) is 5.69 Å². The van der Waals surface area contributed by atoms with Gasteiger partial charge in [-0.1, -0.05) is 35.8 Å². The summed E-state index contributed by atoms with van der Waals surface area (Å²) >= 11 is 5.89. The number of aromatic nitrogens is 1. The maximum absolute atomic E-state index is 5.89. The largest absolute Gasteiger partial charge is 0.359 e. The second-order valence-electron chi connectivity index (χ2n) is 5.14. The van der Waals surface area contributed by atoms with Gasteiger partial charge in [-0.2, -0.15) is 0 Å². The van der Waals surface area contributed by atoms with E-state index in [0.29, 0.717) is 6.54 Å². The molecule has 0 aliphatic heterocycles. The van der Waals surface area contributed by atoms with E-state index in [1.54, 1.807) is 0 Å². The highest BCUT2D eigenvalue weighted by molar-refractivity contribution is 14.0. The summed E-state index contributed by atoms with van der Waals surface area (Å²) in [7, 11) is 0. The molecule has 5 nitrogen and oxygen atoms in total. The highest BCUT2D eigenvalue weighted by Gasteiger charge is 2.03. The Balaban J connectivity index is 0.00000288. The Labute approximate surface area is 165 Å². The van der Waals surface area contributed by atoms with E-state index in [1.807, 2.05) is 44.2 Å². The van der Waals surface area contributed by atoms with Crippen molar-refractivity contribution in [3.05, 3.63) is 52.4 Å². The fourth-order valence-electron chi connectivity index (χ4n) is 2.07. The molecule has 0 aliphatic carbocycles. The minimum atomic E-state index is 0. The Morgan fingerprint density at radius 3 is 2.58 bits per heavy atom. The van der Waals surface area contributed by atoms with Crippen LogP contribution in [0, 0.1) is 0 Å². The molecule has 0 fully saturated rings. The van der Waals surface area contributed by atoms with E-state index in [2.05, 4.69) is 20.8 Å². The van der Waals surface area contributed by atoms with Crippen molar-refractivity contribution >= 4 is 41.5 Å². The van der Waals surface area contributed by atoms with Crippen molar-refractivity contribution in [1.82, 2.24) is 15.8 Å². The van der Waals surface area contributed by atoms with Gasteiger partial charge in [-0.15, -0.1) is 24.0 Å². The number of rotatable bonds is 7. The van der Waals surface area contributed by atoms with Gasteiger partial charge in [-0.25, -0.2) is 4.99 Å². The smallest absolute Gasteiger partial charge is 0.191 e. The fraction of sp³-hybridized carbons (Fsp3) is 0.412. The molecule has 0 amide bonds. The number of hydrogen-bond donors (Lipinski definition) is 2. The first-order valence-corrected chi connectivity index (χ1v) is 8.30. The van der Waals surface area contributed by atoms with Gasteiger partial charge in [0.15, 0.2) is 11.7 Å². The van der Waals surface area contributed by atoms with Crippen molar-refractivity contribution < 1.29 is 4.52 Å². The Kier molecular flexibility index (Phi) is 9.78. The number of halogens is 2. The molecule has 0 saturated carbocycles. The van der Waals surface area contributed by atoms with Gasteiger partial charge < -0.3 is 15.2 Å². The van der Waals surface area contributed by atoms with Crippen LogP contribution in [0.3, 0.4) is 0 Å². The van der Waals surface area contributed by atoms with Gasteiger partial charge in [-0.05, 0) is 37.5 Å². The van der Waals surface area contributed by atoms with Crippen LogP contribution >= 0.6 is 35.6 Å². The van der Waals surface area contributed by atoms with Gasteiger partial charge in [0.25, 0.3) is 0 Å². The van der Waals surface area contributed by atoms with Gasteiger partial charge in [-0.3, -0.25) is 0 Å². The summed E-state index contributed by atoms with van der Waals surface area (Å²) in [4.78, 5) is 4.52. The predicted molar refractivity (Wildman–Crippen MR) is 109 cm³/mol. The number of hydrogen-bond acceptors (Lipinski definition) is 3. The average molecular weight is 463 g/mol. The summed E-state index contributed by atoms with van der Waals surface area (Å²) in [6.07, 6.45) is 1.77. The van der Waals surface area contributed by atoms with Crippen LogP contribution in [0.5, 0.6) is 0 Å². The fourth-order valence-corrected chi connectivity index (χ4v) is 2.20. The molecule has 1 heterocycles. The van der Waals surface area contributed by atoms with Crippen LogP contribution in [-0.2, 0) is 19.4 Å². The number of aryl methyl sites for hydroxylation is 1. The monoisotopic (exact) mass is 462 g/mol. The third kappa shape index (κ3) is 7.09. The quantitative estimate of drug-likeness (QED) is 0.373. The van der Waals surface area contributed by atoms with Crippen LogP contribution < -0.4 is 10.6 Å². The van der Waals surface area contributed by atoms with E-state index in [9.17, 15) is 0 Å². The second kappa shape index (κ2) is 11.3. The molecular formula is C17H24ClIN4O. The van der Waals surface area contributed by atoms with Crippen LogP contribution in [0.2, 0.25) is 5.02 Å². The van der Waals surface area contributed by atoms with Crippen molar-refractivity contribution in [2.75, 3.05) is 13.1 Å². The standard InChI is InChI=1S/C17H23ClN4O.HI/c1-3-15-11-16(23-22-15)12-21-17(19-4-2)20-10-9-13-5-7-14(18)8-6-13;/h5-8,11H,3-4,9-10,12H2,1-2H3,(H2,19,20,21);1H. The lowest BCUT2D eigenvalue weighted by atomic mass is 10.1. The van der Waals surface area contributed by atoms with Crippen molar-refractivity contribution in [1.29, 1.82) is 0 Å². The molecular weight excluding hydrogens is 439 g/mol. The van der Waals surface area contributed by atoms with Crippen molar-refractivity contribution in [2.45, 2.75) is 33.2 Å². The summed E-state index contributed by atoms with van der Waals surface area (Å²) in [5.41, 5.74) is 2.19. The predicted octanol–water partition coefficient (Wildman–Crippen LogP) is 3.81. The Bertz CT molecular complexity index is 628. The molecule has 0 bridgehead atoms. The highest BCUT2D eigenvalue weighted by Crippen LogP contribution is 2.09. The Morgan fingerprint density at radius 2 is 1.96 bits per heavy atom. The lowest BCUT2D eigenvalue weighted by Crippen LogP contribution is -2.38. The molecule has 24 heavy (non-hydrogen) atoms. The zero-order valence-corrected chi connectivity index (χ0v) is 17.1. The van der Waals surface area contributed by atoms with Crippen molar-refractivity contribution in [3.8, 4) is 0 Å². The van der Waals surface area contributed by atoms with Crippen LogP contribution in [-0.4, -0.2) is 24.2 Å². The third-order valence-corrected chi connectivity index (χ3v) is 3.58. The summed E-state index contributed by atoms with van der Waals surface area (Å²) in [5.74, 6) is 1.55. The van der Waals surface area contributed by atoms with Crippen LogP contribution in [0.25, 0.3) is 0 Å². The first-order chi connectivity index (χ1) is 11.2. The lowest BCUT2D eigenvalue weighted by Gasteiger charge is -2.10. The Morgan fingerprint density at radius 1 is 1.21 bits per heavy atom. The molecule has 2 N–H and O–H groups in total. The number of guanidine groups is 1. The number of nitrogens with one attached hydrogen (secondary N) is 2. The summed E-state index contributed by atoms with van der Waals surface area (Å²) < 4.78 is 5.24. The minimum absolute atomic E-state index is 0. The van der Waals surface area contributed by atoms with Gasteiger partial charge in [0.2, 0.25) is 0 Å². The van der Waals surface area contributed by atoms with Gasteiger partial charge >= 0.3 is 0 Å².